The number of aliphatic hydroxyl groups is 1. The molecule has 13 aromatic rings. The second kappa shape index (κ2) is 37.4. The van der Waals surface area contributed by atoms with Crippen LogP contribution in [0.3, 0.4) is 0 Å². The number of fused-ring (bicyclic) bond motifs is 17. The molecule has 0 fully saturated rings. The van der Waals surface area contributed by atoms with Crippen molar-refractivity contribution in [1.82, 2.24) is 0 Å². The Balaban J connectivity index is 0.000000127. The Kier molecular flexibility index (Phi) is 25.6. The molecule has 0 saturated carbocycles. The largest absolute Gasteiger partial charge is 0.508 e. The number of sulfone groups is 1. The van der Waals surface area contributed by atoms with Crippen molar-refractivity contribution in [3.63, 3.8) is 0 Å². The van der Waals surface area contributed by atoms with Crippen molar-refractivity contribution < 1.29 is 125 Å². The average molecular weight is 1880 g/mol. The van der Waals surface area contributed by atoms with Crippen LogP contribution in [0.5, 0.6) is 126 Å². The van der Waals surface area contributed by atoms with Crippen molar-refractivity contribution in [3.8, 4) is 126 Å². The Morgan fingerprint density at radius 2 is 0.715 bits per heavy atom. The summed E-state index contributed by atoms with van der Waals surface area (Å²) >= 11 is 0. The van der Waals surface area contributed by atoms with Crippen LogP contribution in [0.15, 0.2) is 206 Å². The van der Waals surface area contributed by atoms with Crippen molar-refractivity contribution in [2.75, 3.05) is 121 Å². The van der Waals surface area contributed by atoms with E-state index in [4.69, 9.17) is 80.9 Å². The number of carbonyl (C=O) groups is 1. The van der Waals surface area contributed by atoms with Crippen LogP contribution < -0.4 is 75.8 Å². The molecule has 710 valence electrons. The minimum atomic E-state index is -3.92. The molecule has 8 aliphatic rings. The lowest BCUT2D eigenvalue weighted by Crippen LogP contribution is -2.43. The molecule has 7 unspecified atom stereocenters. The number of aromatic hydroxyl groups is 6. The van der Waals surface area contributed by atoms with Crippen LogP contribution in [0.2, 0.25) is 0 Å². The van der Waals surface area contributed by atoms with E-state index in [0.29, 0.717) is 104 Å². The standard InChI is InChI=1S/C34H36O8S.C27H26O5.C26H26O6.C22H16O6.CH4O/c1-37-24-11-7-21(8-12-24)20-43(35,36)34-29-17-27(40-4)19-31(42-6)33(29)28(22-9-13-25(38-2)14-10-22)16-23-15-26(39-3)18-30(41-5)32(23)34;1-28-15-6-7-17-14(8-15)13-27-20-12-22(31-4)21(30-3)11-18(20)26(27)24-19(25(17)27)9-16(29-2)10-23(24)32-5;1-28-17-8-6-15(7-9-17)23-24(16-10-18(29-2)12-19(11-16)30-3)26(27)21-13-20(31-4)14-22(32-5)25(21)23;23-9-1-8-7-22-13-6-15(26)14(25)5-11(13)20(22)19-12(2-10(24)4-17(19)28)21(22)18(8)16(27)3-9;1-2/h7-15,17-19,28,34H,16,20H2,1-6H3;6-12,25-26H,13H2,1-5H3;6-14,23-24H,1-5H3;1-6,20-21,23-28H,7H2;2H,1H3/t28-,34?;;23-,24+;;/m1.1../s1. The van der Waals surface area contributed by atoms with Gasteiger partial charge in [0.25, 0.3) is 0 Å². The first-order valence-electron chi connectivity index (χ1n) is 44.2. The summed E-state index contributed by atoms with van der Waals surface area (Å²) in [5.74, 6) is 8.70. The first-order chi connectivity index (χ1) is 66.2. The highest BCUT2D eigenvalue weighted by molar-refractivity contribution is 7.91. The molecule has 0 radical (unpaired) electrons. The first-order valence-corrected chi connectivity index (χ1v) is 45.9. The van der Waals surface area contributed by atoms with E-state index in [9.17, 15) is 43.9 Å². The van der Waals surface area contributed by atoms with E-state index in [0.717, 1.165) is 104 Å². The van der Waals surface area contributed by atoms with Crippen LogP contribution in [0.1, 0.15) is 174 Å². The van der Waals surface area contributed by atoms with Gasteiger partial charge in [0.05, 0.1) is 125 Å². The lowest BCUT2D eigenvalue weighted by molar-refractivity contribution is 0.0967. The lowest BCUT2D eigenvalue weighted by atomic mass is 9.53. The number of benzene rings is 13. The van der Waals surface area contributed by atoms with Gasteiger partial charge in [-0.25, -0.2) is 8.42 Å². The third kappa shape index (κ3) is 15.5. The number of Topliss-reactive ketones (excluding diaryl/α,β-unsaturated/α-hetero) is 1. The van der Waals surface area contributed by atoms with Crippen molar-refractivity contribution in [2.24, 2.45) is 0 Å². The van der Waals surface area contributed by atoms with Gasteiger partial charge in [0.15, 0.2) is 38.6 Å². The number of ether oxygens (including phenoxy) is 16. The third-order valence-corrected chi connectivity index (χ3v) is 30.4. The van der Waals surface area contributed by atoms with Gasteiger partial charge in [-0.1, -0.05) is 42.5 Å². The number of carbonyl (C=O) groups excluding carboxylic acids is 1. The van der Waals surface area contributed by atoms with E-state index in [-0.39, 0.29) is 87.0 Å². The van der Waals surface area contributed by atoms with Crippen LogP contribution in [-0.2, 0) is 45.7 Å². The van der Waals surface area contributed by atoms with Gasteiger partial charge < -0.3 is 112 Å². The minimum absolute atomic E-state index is 0.00618. The average Bonchev–Trinajstić information content (AvgIpc) is 1.48. The maximum absolute atomic E-state index is 14.7. The summed E-state index contributed by atoms with van der Waals surface area (Å²) in [6.45, 7) is 0. The predicted octanol–water partition coefficient (Wildman–Crippen LogP) is 18.4. The van der Waals surface area contributed by atoms with Gasteiger partial charge in [-0.15, -0.1) is 0 Å². The topological polar surface area (TPSA) is 340 Å². The lowest BCUT2D eigenvalue weighted by Gasteiger charge is -2.48. The molecule has 26 nitrogen and oxygen atoms in total. The zero-order valence-electron chi connectivity index (χ0n) is 78.9. The normalized spacial score (nSPS) is 19.6. The maximum atomic E-state index is 14.7. The van der Waals surface area contributed by atoms with Gasteiger partial charge in [-0.3, -0.25) is 4.79 Å². The van der Waals surface area contributed by atoms with E-state index in [1.807, 2.05) is 84.9 Å². The van der Waals surface area contributed by atoms with E-state index in [1.54, 1.807) is 180 Å². The van der Waals surface area contributed by atoms with Crippen molar-refractivity contribution in [2.45, 2.75) is 82.5 Å². The highest BCUT2D eigenvalue weighted by Crippen LogP contribution is 2.78. The second-order valence-corrected chi connectivity index (χ2v) is 36.7. The van der Waals surface area contributed by atoms with Gasteiger partial charge in [0.2, 0.25) is 0 Å². The maximum Gasteiger partial charge on any atom is 0.171 e. The monoisotopic (exact) mass is 1880 g/mol. The Morgan fingerprint density at radius 3 is 1.28 bits per heavy atom. The van der Waals surface area contributed by atoms with E-state index < -0.39 is 26.4 Å². The number of hydrogen-bond acceptors (Lipinski definition) is 26. The number of methoxy groups -OCH3 is 16. The number of phenolic OH excluding ortho intramolecular Hbond substituents is 6. The Labute approximate surface area is 794 Å². The van der Waals surface area contributed by atoms with Crippen molar-refractivity contribution >= 4 is 15.6 Å². The molecule has 2 spiro atoms. The second-order valence-electron chi connectivity index (χ2n) is 34.6. The molecular weight excluding hydrogens is 1770 g/mol. The quantitative estimate of drug-likeness (QED) is 0.0310. The van der Waals surface area contributed by atoms with Gasteiger partial charge >= 0.3 is 0 Å². The van der Waals surface area contributed by atoms with Crippen LogP contribution in [0, 0.1) is 0 Å². The van der Waals surface area contributed by atoms with Gasteiger partial charge in [-0.05, 0) is 224 Å². The molecule has 0 bridgehead atoms. The highest BCUT2D eigenvalue weighted by Gasteiger charge is 2.69. The minimum Gasteiger partial charge on any atom is -0.508 e. The number of ketones is 1. The molecule has 0 amide bonds. The summed E-state index contributed by atoms with van der Waals surface area (Å²) in [6.07, 6.45) is 1.91. The molecule has 8 aliphatic carbocycles. The van der Waals surface area contributed by atoms with Gasteiger partial charge in [-0.2, -0.15) is 0 Å². The molecule has 7 N–H and O–H groups in total. The molecule has 137 heavy (non-hydrogen) atoms. The summed E-state index contributed by atoms with van der Waals surface area (Å²) in [5.41, 5.74) is 19.2. The summed E-state index contributed by atoms with van der Waals surface area (Å²) < 4.78 is 119. The molecule has 0 saturated heterocycles. The molecule has 21 rings (SSSR count). The van der Waals surface area contributed by atoms with Gasteiger partial charge in [0, 0.05) is 135 Å². The van der Waals surface area contributed by atoms with Crippen LogP contribution in [0.25, 0.3) is 0 Å². The molecule has 0 aliphatic heterocycles. The summed E-state index contributed by atoms with van der Waals surface area (Å²) in [7, 11) is 23.1. The van der Waals surface area contributed by atoms with E-state index in [1.165, 1.54) is 51.6 Å². The smallest absolute Gasteiger partial charge is 0.171 e. The van der Waals surface area contributed by atoms with Crippen LogP contribution >= 0.6 is 0 Å². The summed E-state index contributed by atoms with van der Waals surface area (Å²) in [5, 5.41) is 67.3. The fourth-order valence-corrected chi connectivity index (χ4v) is 24.9. The summed E-state index contributed by atoms with van der Waals surface area (Å²) in [6, 6.07) is 62.9. The van der Waals surface area contributed by atoms with E-state index >= 15 is 0 Å². The molecule has 27 heteroatoms. The molecule has 13 aromatic carbocycles. The zero-order chi connectivity index (χ0) is 97.3. The third-order valence-electron chi connectivity index (χ3n) is 28.5. The van der Waals surface area contributed by atoms with Crippen molar-refractivity contribution in [3.05, 3.63) is 329 Å². The first kappa shape index (κ1) is 93.8. The Bertz CT molecular complexity index is 6950. The number of rotatable bonds is 22. The molecule has 0 aromatic heterocycles. The SMILES string of the molecule is CO.COc1ccc(CS(=O)(=O)C2c3cc(OC)cc(OC)c3[C@@H](c3ccc(OC)cc3)Cc3cc(OC)cc(OC)c32)cc1.COc1ccc([C@H]2c3c(OC)cc(OC)cc3C(=O)[C@H]2c2cc(OC)cc(OC)c2)cc1.COc1ccc2c(c1)CC13c4cc(OC)c(OC)cc4C1c1c(OC)cc(OC)cc1C23.Oc1cc(O)c2c(c1)CC13c4cc(O)c(O)cc4C1c1c(O)cc(O)cc1C23. The Morgan fingerprint density at radius 1 is 0.292 bits per heavy atom. The molecule has 0 heterocycles. The number of aliphatic hydroxyl groups excluding tert-OH is 1. The number of hydrogen-bond donors (Lipinski definition) is 7. The van der Waals surface area contributed by atoms with Crippen LogP contribution in [0.4, 0.5) is 0 Å². The Hall–Kier alpha value is -15.0. The summed E-state index contributed by atoms with van der Waals surface area (Å²) in [4.78, 5) is 13.8. The zero-order valence-corrected chi connectivity index (χ0v) is 79.7. The molecule has 10 atom stereocenters. The highest BCUT2D eigenvalue weighted by atomic mass is 32.2. The fourth-order valence-electron chi connectivity index (χ4n) is 22.9. The van der Waals surface area contributed by atoms with Gasteiger partial charge in [0.1, 0.15) is 109 Å². The van der Waals surface area contributed by atoms with E-state index in [2.05, 4.69) is 36.4 Å². The molecular formula is C110H108O26S. The fraction of sp³-hybridized carbons (Fsp3) is 0.282. The van der Waals surface area contributed by atoms with Crippen LogP contribution in [-0.4, -0.2) is 171 Å². The predicted molar refractivity (Wildman–Crippen MR) is 514 cm³/mol. The number of phenols is 6. The van der Waals surface area contributed by atoms with Crippen molar-refractivity contribution in [1.29, 1.82) is 0 Å².